The lowest BCUT2D eigenvalue weighted by Gasteiger charge is -2.28. The van der Waals surface area contributed by atoms with Crippen molar-refractivity contribution in [1.29, 1.82) is 0 Å². The number of halogens is 3. The molecule has 3 N–H and O–H groups in total. The summed E-state index contributed by atoms with van der Waals surface area (Å²) in [6.45, 7) is 1.26. The first-order valence-corrected chi connectivity index (χ1v) is 11.2. The first-order valence-electron chi connectivity index (χ1n) is 11.2. The monoisotopic (exact) mass is 496 g/mol. The summed E-state index contributed by atoms with van der Waals surface area (Å²) in [7, 11) is 0. The quantitative estimate of drug-likeness (QED) is 0.457. The van der Waals surface area contributed by atoms with E-state index in [4.69, 9.17) is 0 Å². The third-order valence-electron chi connectivity index (χ3n) is 5.68. The van der Waals surface area contributed by atoms with Crippen molar-refractivity contribution in [3.05, 3.63) is 83.9 Å². The van der Waals surface area contributed by atoms with E-state index >= 15 is 0 Å². The predicted molar refractivity (Wildman–Crippen MR) is 131 cm³/mol. The fourth-order valence-corrected chi connectivity index (χ4v) is 4.03. The van der Waals surface area contributed by atoms with E-state index in [9.17, 15) is 27.6 Å². The Balaban J connectivity index is 1.54. The molecule has 0 aromatic heterocycles. The van der Waals surface area contributed by atoms with Crippen LogP contribution in [-0.2, 0) is 15.8 Å². The molecule has 0 radical (unpaired) electrons. The van der Waals surface area contributed by atoms with Crippen LogP contribution in [0.15, 0.2) is 72.8 Å². The highest BCUT2D eigenvalue weighted by molar-refractivity contribution is 6.06. The number of alkyl halides is 3. The minimum atomic E-state index is -4.74. The number of hydrogen-bond donors (Lipinski definition) is 3. The molecule has 3 aromatic rings. The summed E-state index contributed by atoms with van der Waals surface area (Å²) in [6, 6.07) is 17.7. The second-order valence-electron chi connectivity index (χ2n) is 8.31. The van der Waals surface area contributed by atoms with Gasteiger partial charge in [-0.15, -0.1) is 0 Å². The standard InChI is InChI=1S/C26H23F3N4O3/c1-16-13-23(34)32-21-9-5-6-10-22(21)33(16)24(35)15-30-20-12-11-18(14-19(20)26(27,28)29)31-25(36)17-7-3-2-4-8-17/h2-12,14,16,30H,13,15H2,1H3,(H,31,36)(H,32,34). The molecule has 0 aliphatic carbocycles. The molecular weight excluding hydrogens is 473 g/mol. The number of anilines is 4. The zero-order valence-corrected chi connectivity index (χ0v) is 19.2. The summed E-state index contributed by atoms with van der Waals surface area (Å²) in [5.74, 6) is -1.30. The van der Waals surface area contributed by atoms with E-state index in [1.807, 2.05) is 0 Å². The van der Waals surface area contributed by atoms with Crippen LogP contribution in [-0.4, -0.2) is 30.3 Å². The van der Waals surface area contributed by atoms with E-state index in [0.29, 0.717) is 16.9 Å². The molecule has 1 heterocycles. The second-order valence-corrected chi connectivity index (χ2v) is 8.31. The molecule has 4 rings (SSSR count). The highest BCUT2D eigenvalue weighted by atomic mass is 19.4. The normalized spacial score (nSPS) is 15.4. The van der Waals surface area contributed by atoms with Crippen LogP contribution in [0.25, 0.3) is 0 Å². The number of nitrogens with zero attached hydrogens (tertiary/aromatic N) is 1. The third kappa shape index (κ3) is 5.48. The number of fused-ring (bicyclic) bond motifs is 1. The van der Waals surface area contributed by atoms with Crippen molar-refractivity contribution in [2.45, 2.75) is 25.6 Å². The predicted octanol–water partition coefficient (Wildman–Crippen LogP) is 5.13. The molecule has 10 heteroatoms. The number of carbonyl (C=O) groups excluding carboxylic acids is 3. The number of amides is 3. The van der Waals surface area contributed by atoms with Crippen LogP contribution < -0.4 is 20.9 Å². The number of rotatable bonds is 5. The van der Waals surface area contributed by atoms with Crippen LogP contribution in [0.1, 0.15) is 29.3 Å². The molecule has 1 unspecified atom stereocenters. The van der Waals surface area contributed by atoms with E-state index in [0.717, 1.165) is 6.07 Å². The lowest BCUT2D eigenvalue weighted by Crippen LogP contribution is -2.42. The van der Waals surface area contributed by atoms with Gasteiger partial charge in [0.1, 0.15) is 0 Å². The SMILES string of the molecule is CC1CC(=O)Nc2ccccc2N1C(=O)CNc1ccc(NC(=O)c2ccccc2)cc1C(F)(F)F. The van der Waals surface area contributed by atoms with Crippen LogP contribution >= 0.6 is 0 Å². The van der Waals surface area contributed by atoms with Crippen molar-refractivity contribution >= 4 is 40.5 Å². The first-order chi connectivity index (χ1) is 17.1. The van der Waals surface area contributed by atoms with Crippen molar-refractivity contribution in [3.63, 3.8) is 0 Å². The summed E-state index contributed by atoms with van der Waals surface area (Å²) < 4.78 is 41.5. The topological polar surface area (TPSA) is 90.5 Å². The molecule has 1 atom stereocenters. The maximum Gasteiger partial charge on any atom is 0.418 e. The molecule has 1 aliphatic heterocycles. The molecule has 0 bridgehead atoms. The fourth-order valence-electron chi connectivity index (χ4n) is 4.03. The van der Waals surface area contributed by atoms with Gasteiger partial charge in [-0.05, 0) is 49.4 Å². The largest absolute Gasteiger partial charge is 0.418 e. The maximum absolute atomic E-state index is 13.8. The number of benzene rings is 3. The maximum atomic E-state index is 13.8. The van der Waals surface area contributed by atoms with Crippen LogP contribution in [0.4, 0.5) is 35.9 Å². The molecule has 7 nitrogen and oxygen atoms in total. The molecule has 0 saturated heterocycles. The molecule has 1 aliphatic rings. The average Bonchev–Trinajstić information content (AvgIpc) is 2.97. The minimum Gasteiger partial charge on any atom is -0.376 e. The lowest BCUT2D eigenvalue weighted by atomic mass is 10.1. The Morgan fingerprint density at radius 2 is 1.72 bits per heavy atom. The van der Waals surface area contributed by atoms with Gasteiger partial charge in [0.2, 0.25) is 11.8 Å². The Hall–Kier alpha value is -4.34. The molecule has 186 valence electrons. The highest BCUT2D eigenvalue weighted by Gasteiger charge is 2.35. The van der Waals surface area contributed by atoms with Gasteiger partial charge >= 0.3 is 6.18 Å². The van der Waals surface area contributed by atoms with E-state index < -0.39 is 36.1 Å². The molecular formula is C26H23F3N4O3. The van der Waals surface area contributed by atoms with E-state index in [2.05, 4.69) is 16.0 Å². The van der Waals surface area contributed by atoms with Gasteiger partial charge in [-0.2, -0.15) is 13.2 Å². The van der Waals surface area contributed by atoms with Crippen LogP contribution in [0.5, 0.6) is 0 Å². The van der Waals surface area contributed by atoms with Crippen molar-refractivity contribution < 1.29 is 27.6 Å². The average molecular weight is 496 g/mol. The first kappa shape index (κ1) is 24.8. The van der Waals surface area contributed by atoms with Crippen molar-refractivity contribution in [2.75, 3.05) is 27.4 Å². The molecule has 3 aromatic carbocycles. The highest BCUT2D eigenvalue weighted by Crippen LogP contribution is 2.37. The van der Waals surface area contributed by atoms with Gasteiger partial charge in [0.15, 0.2) is 0 Å². The van der Waals surface area contributed by atoms with Gasteiger partial charge in [0.25, 0.3) is 5.91 Å². The van der Waals surface area contributed by atoms with E-state index in [-0.39, 0.29) is 23.7 Å². The molecule has 0 fully saturated rings. The summed E-state index contributed by atoms with van der Waals surface area (Å²) >= 11 is 0. The lowest BCUT2D eigenvalue weighted by molar-refractivity contribution is -0.137. The summed E-state index contributed by atoms with van der Waals surface area (Å²) in [4.78, 5) is 39.0. The number of para-hydroxylation sites is 2. The summed E-state index contributed by atoms with van der Waals surface area (Å²) in [6.07, 6.45) is -4.69. The van der Waals surface area contributed by atoms with Gasteiger partial charge in [-0.25, -0.2) is 0 Å². The smallest absolute Gasteiger partial charge is 0.376 e. The second kappa shape index (κ2) is 10.1. The van der Waals surface area contributed by atoms with Gasteiger partial charge in [-0.1, -0.05) is 30.3 Å². The molecule has 36 heavy (non-hydrogen) atoms. The fraction of sp³-hybridized carbons (Fsp3) is 0.192. The molecule has 0 spiro atoms. The Morgan fingerprint density at radius 1 is 1.03 bits per heavy atom. The Labute approximate surface area is 205 Å². The van der Waals surface area contributed by atoms with Gasteiger partial charge in [0, 0.05) is 29.4 Å². The van der Waals surface area contributed by atoms with Gasteiger partial charge < -0.3 is 20.9 Å². The van der Waals surface area contributed by atoms with Crippen molar-refractivity contribution in [1.82, 2.24) is 0 Å². The summed E-state index contributed by atoms with van der Waals surface area (Å²) in [5, 5.41) is 7.78. The molecule has 0 saturated carbocycles. The zero-order chi connectivity index (χ0) is 25.9. The van der Waals surface area contributed by atoms with Crippen molar-refractivity contribution in [3.8, 4) is 0 Å². The summed E-state index contributed by atoms with van der Waals surface area (Å²) in [5.41, 5.74) is -0.139. The minimum absolute atomic E-state index is 0.0345. The van der Waals surface area contributed by atoms with Gasteiger partial charge in [-0.3, -0.25) is 14.4 Å². The van der Waals surface area contributed by atoms with Crippen LogP contribution in [0, 0.1) is 0 Å². The number of carbonyl (C=O) groups is 3. The number of hydrogen-bond acceptors (Lipinski definition) is 4. The van der Waals surface area contributed by atoms with Crippen LogP contribution in [0.3, 0.4) is 0 Å². The van der Waals surface area contributed by atoms with Crippen molar-refractivity contribution in [2.24, 2.45) is 0 Å². The zero-order valence-electron chi connectivity index (χ0n) is 19.2. The Morgan fingerprint density at radius 3 is 2.44 bits per heavy atom. The third-order valence-corrected chi connectivity index (χ3v) is 5.68. The van der Waals surface area contributed by atoms with E-state index in [1.165, 1.54) is 17.0 Å². The Kier molecular flexibility index (Phi) is 6.96. The van der Waals surface area contributed by atoms with Crippen LogP contribution in [0.2, 0.25) is 0 Å². The molecule has 3 amide bonds. The number of nitrogens with one attached hydrogen (secondary N) is 3. The van der Waals surface area contributed by atoms with Gasteiger partial charge in [0.05, 0.1) is 23.5 Å². The van der Waals surface area contributed by atoms with E-state index in [1.54, 1.807) is 61.5 Å². The Bertz CT molecular complexity index is 1300.